The Kier molecular flexibility index (Phi) is 15.4. The van der Waals surface area contributed by atoms with Gasteiger partial charge in [0.15, 0.2) is 0 Å². The molecule has 1 saturated heterocycles. The summed E-state index contributed by atoms with van der Waals surface area (Å²) in [4.78, 5) is 2.57. The van der Waals surface area contributed by atoms with Gasteiger partial charge in [-0.3, -0.25) is 0 Å². The van der Waals surface area contributed by atoms with E-state index in [4.69, 9.17) is 0 Å². The first-order valence-electron chi connectivity index (χ1n) is 14.5. The average molecular weight is 671 g/mol. The largest absolute Gasteiger partial charge is 2.00 e. The van der Waals surface area contributed by atoms with Gasteiger partial charge in [0.25, 0.3) is 0 Å². The molecule has 44 heavy (non-hydrogen) atoms. The van der Waals surface area contributed by atoms with Crippen molar-refractivity contribution in [2.45, 2.75) is 0 Å². The molecule has 8 rings (SSSR count). The summed E-state index contributed by atoms with van der Waals surface area (Å²) in [6.45, 7) is 1.86. The standard InChI is InChI=1S/C30H24NP.2C5H5.2Fe/c1-3-13-25(14-4-1)32(26-15-5-2-6-16-26)30-20-8-7-19-29(30)31-21-23-11-9-17-27(23)28-18-10-12-24(28)22-31;2*1-2-4-5-3-1;;/h1-20H,21-22H2;2*1-5H;;/q;;;2*+2. The zero-order chi connectivity index (χ0) is 28.4. The summed E-state index contributed by atoms with van der Waals surface area (Å²) in [5.41, 5.74) is 1.34. The quantitative estimate of drug-likeness (QED) is 0.217. The van der Waals surface area contributed by atoms with Gasteiger partial charge in [0.1, 0.15) is 0 Å². The summed E-state index contributed by atoms with van der Waals surface area (Å²) in [5.74, 6) is 5.60. The Labute approximate surface area is 291 Å². The molecular formula is C40H34Fe2NP+4. The van der Waals surface area contributed by atoms with Crippen molar-refractivity contribution in [2.75, 3.05) is 18.0 Å². The number of fused-ring (bicyclic) bond motifs is 3. The third-order valence-corrected chi connectivity index (χ3v) is 9.92. The smallest absolute Gasteiger partial charge is 0.370 e. The van der Waals surface area contributed by atoms with Crippen molar-refractivity contribution in [3.05, 3.63) is 211 Å². The Morgan fingerprint density at radius 2 is 0.795 bits per heavy atom. The maximum Gasteiger partial charge on any atom is 2.00 e. The zero-order valence-corrected chi connectivity index (χ0v) is 27.4. The molecule has 0 bridgehead atoms. The molecule has 5 aliphatic rings. The van der Waals surface area contributed by atoms with E-state index >= 15 is 0 Å². The van der Waals surface area contributed by atoms with Gasteiger partial charge in [-0.25, -0.2) is 0 Å². The van der Waals surface area contributed by atoms with Crippen LogP contribution in [0.5, 0.6) is 0 Å². The zero-order valence-electron chi connectivity index (χ0n) is 24.3. The molecule has 0 aromatic heterocycles. The Balaban J connectivity index is 0.000000314. The van der Waals surface area contributed by atoms with Gasteiger partial charge < -0.3 is 4.90 Å². The monoisotopic (exact) mass is 671 g/mol. The predicted molar refractivity (Wildman–Crippen MR) is 179 cm³/mol. The summed E-state index contributed by atoms with van der Waals surface area (Å²) in [6.07, 6.45) is 33.5. The third-order valence-electron chi connectivity index (χ3n) is 7.43. The normalized spacial score (nSPS) is 20.3. The summed E-state index contributed by atoms with van der Waals surface area (Å²) in [7, 11) is -0.654. The van der Waals surface area contributed by atoms with Gasteiger partial charge in [0, 0.05) is 35.9 Å². The number of benzene rings is 3. The summed E-state index contributed by atoms with van der Waals surface area (Å²) >= 11 is 0. The molecule has 0 spiro atoms. The number of nitrogens with zero attached hydrogens (tertiary/aromatic N) is 1. The fourth-order valence-electron chi connectivity index (χ4n) is 5.50. The van der Waals surface area contributed by atoms with E-state index in [2.05, 4.69) is 128 Å². The first-order valence-corrected chi connectivity index (χ1v) is 15.8. The van der Waals surface area contributed by atoms with Crippen molar-refractivity contribution in [1.29, 1.82) is 0 Å². The first-order chi connectivity index (χ1) is 20.9. The molecule has 1 heterocycles. The molecule has 4 aliphatic carbocycles. The van der Waals surface area contributed by atoms with Crippen molar-refractivity contribution >= 4 is 29.5 Å². The SMILES string of the molecule is [CH]1[CH][CH][CH][CH]1.[CH]1[CH][CH][CH][CH]1.[CH]1[CH][C]2CN(c3ccccc3P(c3ccccc3)c3ccccc3)C[C]3[CH][CH][CH][C]3[C]2[CH]1.[Fe+2].[Fe+2]. The molecule has 0 unspecified atom stereocenters. The second-order valence-corrected chi connectivity index (χ2v) is 12.4. The summed E-state index contributed by atoms with van der Waals surface area (Å²) < 4.78 is 0. The van der Waals surface area contributed by atoms with Crippen LogP contribution in [0.25, 0.3) is 0 Å². The second-order valence-electron chi connectivity index (χ2n) is 10.2. The minimum Gasteiger partial charge on any atom is -0.370 e. The van der Waals surface area contributed by atoms with E-state index in [9.17, 15) is 0 Å². The van der Waals surface area contributed by atoms with Crippen LogP contribution in [0.2, 0.25) is 0 Å². The van der Waals surface area contributed by atoms with Gasteiger partial charge in [-0.15, -0.1) is 0 Å². The Hall–Kier alpha value is -1.07. The number of hydrogen-bond donors (Lipinski definition) is 0. The average Bonchev–Trinajstić information content (AvgIpc) is 3.89. The molecule has 1 nitrogen and oxygen atoms in total. The van der Waals surface area contributed by atoms with E-state index < -0.39 is 7.92 Å². The van der Waals surface area contributed by atoms with E-state index in [0.29, 0.717) is 0 Å². The van der Waals surface area contributed by atoms with Gasteiger partial charge in [-0.05, 0) is 139 Å². The Morgan fingerprint density at radius 1 is 0.409 bits per heavy atom. The van der Waals surface area contributed by atoms with Gasteiger partial charge in [0.05, 0.1) is 0 Å². The molecule has 20 radical (unpaired) electrons. The molecular weight excluding hydrogens is 637 g/mol. The maximum atomic E-state index is 2.57. The van der Waals surface area contributed by atoms with E-state index in [0.717, 1.165) is 13.1 Å². The van der Waals surface area contributed by atoms with Crippen LogP contribution >= 0.6 is 7.92 Å². The van der Waals surface area contributed by atoms with Crippen LogP contribution in [0.15, 0.2) is 84.9 Å². The fourth-order valence-corrected chi connectivity index (χ4v) is 7.97. The van der Waals surface area contributed by atoms with Crippen LogP contribution in [0.3, 0.4) is 0 Å². The van der Waals surface area contributed by atoms with Gasteiger partial charge >= 0.3 is 34.1 Å². The minimum atomic E-state index is -0.654. The van der Waals surface area contributed by atoms with Crippen molar-refractivity contribution < 1.29 is 34.1 Å². The molecule has 0 amide bonds. The summed E-state index contributed by atoms with van der Waals surface area (Å²) in [6, 6.07) is 31.0. The van der Waals surface area contributed by atoms with Crippen molar-refractivity contribution in [2.24, 2.45) is 0 Å². The molecule has 216 valence electrons. The van der Waals surface area contributed by atoms with E-state index in [1.165, 1.54) is 45.3 Å². The van der Waals surface area contributed by atoms with Crippen LogP contribution in [0, 0.1) is 126 Å². The van der Waals surface area contributed by atoms with Crippen LogP contribution in [0.1, 0.15) is 0 Å². The third kappa shape index (κ3) is 9.26. The number of hydrogen-bond acceptors (Lipinski definition) is 1. The van der Waals surface area contributed by atoms with Gasteiger partial charge in [-0.2, -0.15) is 0 Å². The molecule has 1 aliphatic heterocycles. The summed E-state index contributed by atoms with van der Waals surface area (Å²) in [5, 5.41) is 4.20. The second kappa shape index (κ2) is 18.9. The number of para-hydroxylation sites is 1. The van der Waals surface area contributed by atoms with E-state index in [1.54, 1.807) is 0 Å². The van der Waals surface area contributed by atoms with Crippen molar-refractivity contribution in [3.63, 3.8) is 0 Å². The Morgan fingerprint density at radius 3 is 1.23 bits per heavy atom. The van der Waals surface area contributed by atoms with Gasteiger partial charge in [-0.1, -0.05) is 78.9 Å². The van der Waals surface area contributed by atoms with Crippen LogP contribution in [-0.2, 0) is 34.1 Å². The fraction of sp³-hybridized carbons (Fsp3) is 0.0500. The van der Waals surface area contributed by atoms with Crippen molar-refractivity contribution in [1.82, 2.24) is 0 Å². The van der Waals surface area contributed by atoms with Crippen LogP contribution < -0.4 is 20.8 Å². The maximum absolute atomic E-state index is 2.57. The van der Waals surface area contributed by atoms with Crippen molar-refractivity contribution in [3.8, 4) is 0 Å². The molecule has 4 saturated carbocycles. The minimum absolute atomic E-state index is 0. The number of anilines is 1. The molecule has 4 heteroatoms. The van der Waals surface area contributed by atoms with Crippen LogP contribution in [-0.4, -0.2) is 13.1 Å². The predicted octanol–water partition coefficient (Wildman–Crippen LogP) is 6.85. The molecule has 5 fully saturated rings. The molecule has 0 atom stereocenters. The Bertz CT molecular complexity index is 1110. The van der Waals surface area contributed by atoms with E-state index in [-0.39, 0.29) is 34.1 Å². The molecule has 0 N–H and O–H groups in total. The van der Waals surface area contributed by atoms with Gasteiger partial charge in [0.2, 0.25) is 0 Å². The first kappa shape index (κ1) is 35.8. The van der Waals surface area contributed by atoms with Crippen LogP contribution in [0.4, 0.5) is 5.69 Å². The topological polar surface area (TPSA) is 3.24 Å². The van der Waals surface area contributed by atoms with E-state index in [1.807, 2.05) is 64.2 Å². The molecule has 3 aromatic carbocycles. The number of rotatable bonds is 4. The molecule has 3 aromatic rings.